The monoisotopic (exact) mass is 668 g/mol. The van der Waals surface area contributed by atoms with Crippen molar-refractivity contribution < 1.29 is 14.6 Å². The molecule has 0 heterocycles. The van der Waals surface area contributed by atoms with Crippen molar-refractivity contribution in [2.45, 2.75) is 56.8 Å². The molecular weight excluding hydrogens is 625 g/mol. The number of benzene rings is 3. The Morgan fingerprint density at radius 1 is 0.872 bits per heavy atom. The number of nitrogens with zero attached hydrogens (tertiary/aromatic N) is 4. The van der Waals surface area contributed by atoms with E-state index in [0.717, 1.165) is 45.6 Å². The molecule has 0 atom stereocenters. The molecule has 0 radical (unpaired) electrons. The Balaban J connectivity index is 1.25. The van der Waals surface area contributed by atoms with Gasteiger partial charge in [0.15, 0.2) is 0 Å². The van der Waals surface area contributed by atoms with E-state index in [1.165, 1.54) is 43.4 Å². The summed E-state index contributed by atoms with van der Waals surface area (Å²) in [5, 5.41) is 28.2. The van der Waals surface area contributed by atoms with Crippen LogP contribution in [0.2, 0.25) is 0 Å². The van der Waals surface area contributed by atoms with Crippen molar-refractivity contribution in [2.24, 2.45) is 10.2 Å². The Labute approximate surface area is 289 Å². The van der Waals surface area contributed by atoms with Crippen LogP contribution in [0.4, 0.5) is 17.1 Å². The Morgan fingerprint density at radius 3 is 2.23 bits per heavy atom. The third kappa shape index (κ3) is 12.5. The third-order valence-corrected chi connectivity index (χ3v) is 8.95. The summed E-state index contributed by atoms with van der Waals surface area (Å²) < 4.78 is 11.6. The van der Waals surface area contributed by atoms with Gasteiger partial charge in [-0.3, -0.25) is 0 Å². The van der Waals surface area contributed by atoms with Crippen LogP contribution in [-0.4, -0.2) is 36.3 Å². The second-order valence-corrected chi connectivity index (χ2v) is 12.8. The highest BCUT2D eigenvalue weighted by Gasteiger charge is 2.11. The molecule has 0 spiro atoms. The fourth-order valence-electron chi connectivity index (χ4n) is 4.90. The predicted octanol–water partition coefficient (Wildman–Crippen LogP) is 11.2. The number of unbranched alkanes of at least 4 members (excludes halogenated alkanes) is 5. The van der Waals surface area contributed by atoms with Crippen molar-refractivity contribution >= 4 is 41.5 Å². The molecule has 9 heteroatoms. The Hall–Kier alpha value is -4.13. The van der Waals surface area contributed by atoms with Crippen LogP contribution in [0.5, 0.6) is 11.5 Å². The lowest BCUT2D eigenvalue weighted by Crippen LogP contribution is -2.28. The van der Waals surface area contributed by atoms with Gasteiger partial charge in [0.2, 0.25) is 0 Å². The number of hydrogen-bond acceptors (Lipinski definition) is 9. The summed E-state index contributed by atoms with van der Waals surface area (Å²) in [4.78, 5) is 3.33. The second kappa shape index (κ2) is 20.2. The van der Waals surface area contributed by atoms with E-state index < -0.39 is 0 Å². The highest BCUT2D eigenvalue weighted by molar-refractivity contribution is 7.99. The van der Waals surface area contributed by atoms with Gasteiger partial charge in [0.25, 0.3) is 5.95 Å². The summed E-state index contributed by atoms with van der Waals surface area (Å²) in [6, 6.07) is 24.0. The lowest BCUT2D eigenvalue weighted by Gasteiger charge is -2.24. The molecule has 0 saturated heterocycles. The Morgan fingerprint density at radius 2 is 1.55 bits per heavy atom. The van der Waals surface area contributed by atoms with Gasteiger partial charge in [0.05, 0.1) is 36.0 Å². The lowest BCUT2D eigenvalue weighted by atomic mass is 10.1. The molecular formula is C38H44N4O3S2. The van der Waals surface area contributed by atoms with Crippen LogP contribution in [0, 0.1) is 18.3 Å². The number of thiol groups is 1. The van der Waals surface area contributed by atoms with E-state index in [1.54, 1.807) is 12.2 Å². The number of thioether (sulfide) groups is 1. The van der Waals surface area contributed by atoms with E-state index in [1.807, 2.05) is 85.4 Å². The summed E-state index contributed by atoms with van der Waals surface area (Å²) in [6.45, 7) is 3.33. The van der Waals surface area contributed by atoms with Crippen LogP contribution >= 0.6 is 24.4 Å². The molecule has 7 nitrogen and oxygen atoms in total. The van der Waals surface area contributed by atoms with Gasteiger partial charge in [-0.15, -0.1) is 11.8 Å². The van der Waals surface area contributed by atoms with E-state index in [2.05, 4.69) is 46.0 Å². The third-order valence-electron chi connectivity index (χ3n) is 7.54. The van der Waals surface area contributed by atoms with E-state index in [4.69, 9.17) is 14.7 Å². The molecule has 0 unspecified atom stereocenters. The van der Waals surface area contributed by atoms with Gasteiger partial charge in [-0.2, -0.15) is 28.1 Å². The normalized spacial score (nSPS) is 12.1. The molecule has 246 valence electrons. The molecule has 1 aliphatic carbocycles. The summed E-state index contributed by atoms with van der Waals surface area (Å²) in [7, 11) is 0. The van der Waals surface area contributed by atoms with Crippen LogP contribution in [-0.2, 0) is 4.74 Å². The molecule has 1 N–H and O–H groups in total. The Bertz CT molecular complexity index is 1550. The van der Waals surface area contributed by atoms with Crippen molar-refractivity contribution in [1.29, 1.82) is 5.26 Å². The molecule has 0 fully saturated rings. The van der Waals surface area contributed by atoms with E-state index >= 15 is 0 Å². The largest absolute Gasteiger partial charge is 0.481 e. The molecule has 0 aromatic heterocycles. The van der Waals surface area contributed by atoms with Gasteiger partial charge < -0.3 is 19.5 Å². The van der Waals surface area contributed by atoms with Crippen LogP contribution in [0.25, 0.3) is 0 Å². The quantitative estimate of drug-likeness (QED) is 0.0409. The van der Waals surface area contributed by atoms with Crippen molar-refractivity contribution in [1.82, 2.24) is 0 Å². The molecule has 0 amide bonds. The first kappa shape index (κ1) is 35.7. The number of allylic oxidation sites excluding steroid dienone is 5. The summed E-state index contributed by atoms with van der Waals surface area (Å²) in [6.07, 6.45) is 15.4. The first-order chi connectivity index (χ1) is 23.1. The molecule has 3 aromatic rings. The zero-order valence-corrected chi connectivity index (χ0v) is 28.8. The molecule has 0 aliphatic heterocycles. The highest BCUT2D eigenvalue weighted by atomic mass is 32.2. The van der Waals surface area contributed by atoms with E-state index in [9.17, 15) is 5.11 Å². The topological polar surface area (TPSA) is 90.4 Å². The smallest absolute Gasteiger partial charge is 0.284 e. The SMILES string of the molecule is Cc1cc(N(CCC#N)CCOC(O)=C2C=CC=C2)ccc1N=Nc1ccc(Oc2ccc(SCCCCCCCCS)cc2)cc1. The average Bonchev–Trinajstić information content (AvgIpc) is 3.64. The summed E-state index contributed by atoms with van der Waals surface area (Å²) in [5.74, 6) is 3.58. The van der Waals surface area contributed by atoms with Gasteiger partial charge >= 0.3 is 0 Å². The van der Waals surface area contributed by atoms with Crippen molar-refractivity contribution in [3.8, 4) is 17.6 Å². The maximum Gasteiger partial charge on any atom is 0.284 e. The number of ether oxygens (including phenoxy) is 2. The molecule has 0 bridgehead atoms. The lowest BCUT2D eigenvalue weighted by molar-refractivity contribution is 0.0954. The minimum atomic E-state index is -0.0993. The van der Waals surface area contributed by atoms with Crippen molar-refractivity contribution in [3.63, 3.8) is 0 Å². The number of anilines is 1. The van der Waals surface area contributed by atoms with Gasteiger partial charge in [-0.05, 0) is 116 Å². The number of aryl methyl sites for hydroxylation is 1. The number of aliphatic hydroxyl groups excluding tert-OH is 1. The maximum absolute atomic E-state index is 10.1. The molecule has 0 saturated carbocycles. The average molecular weight is 669 g/mol. The standard InChI is InChI=1S/C38H44N4O3S2/c1-30-29-33(42(24-10-23-39)25-26-44-38(43)31-11-6-7-12-31)15-22-37(30)41-40-32-13-16-34(17-14-32)45-35-18-20-36(21-19-35)47-28-9-5-3-2-4-8-27-46/h6-7,11-22,29,43,46H,2-5,8-10,24-28H2,1H3. The minimum absolute atomic E-state index is 0.0993. The van der Waals surface area contributed by atoms with Crippen LogP contribution in [0.1, 0.15) is 50.5 Å². The van der Waals surface area contributed by atoms with Gasteiger partial charge in [-0.25, -0.2) is 0 Å². The first-order valence-corrected chi connectivity index (χ1v) is 17.8. The van der Waals surface area contributed by atoms with Crippen molar-refractivity contribution in [3.05, 3.63) is 108 Å². The predicted molar refractivity (Wildman–Crippen MR) is 197 cm³/mol. The summed E-state index contributed by atoms with van der Waals surface area (Å²) >= 11 is 6.17. The highest BCUT2D eigenvalue weighted by Crippen LogP contribution is 2.30. The van der Waals surface area contributed by atoms with Gasteiger partial charge in [-0.1, -0.05) is 37.8 Å². The number of aliphatic hydroxyl groups is 1. The number of azo groups is 1. The number of rotatable bonds is 20. The van der Waals surface area contributed by atoms with Crippen LogP contribution in [0.3, 0.4) is 0 Å². The fourth-order valence-corrected chi connectivity index (χ4v) is 6.04. The fraction of sp³-hybridized carbons (Fsp3) is 0.342. The summed E-state index contributed by atoms with van der Waals surface area (Å²) in [5.41, 5.74) is 4.04. The molecule has 4 rings (SSSR count). The van der Waals surface area contributed by atoms with Crippen LogP contribution in [0.15, 0.2) is 118 Å². The Kier molecular flexibility index (Phi) is 15.3. The van der Waals surface area contributed by atoms with E-state index in [0.29, 0.717) is 25.1 Å². The molecule has 47 heavy (non-hydrogen) atoms. The van der Waals surface area contributed by atoms with Gasteiger partial charge in [0.1, 0.15) is 18.1 Å². The number of hydrogen-bond donors (Lipinski definition) is 2. The van der Waals surface area contributed by atoms with Gasteiger partial charge in [0, 0.05) is 17.1 Å². The minimum Gasteiger partial charge on any atom is -0.481 e. The van der Waals surface area contributed by atoms with Crippen molar-refractivity contribution in [2.75, 3.05) is 36.1 Å². The first-order valence-electron chi connectivity index (χ1n) is 16.2. The zero-order chi connectivity index (χ0) is 33.1. The second-order valence-electron chi connectivity index (χ2n) is 11.2. The maximum atomic E-state index is 10.1. The van der Waals surface area contributed by atoms with E-state index in [-0.39, 0.29) is 12.6 Å². The zero-order valence-electron chi connectivity index (χ0n) is 27.1. The molecule has 3 aromatic carbocycles. The van der Waals surface area contributed by atoms with Crippen LogP contribution < -0.4 is 9.64 Å². The molecule has 1 aliphatic rings. The number of nitriles is 1.